The SMILES string of the molecule is CC(C)(C)NCCC(=O)c1cccc(C(F)(F)F)c1. The van der Waals surface area contributed by atoms with Crippen molar-refractivity contribution in [3.05, 3.63) is 35.4 Å². The molecule has 0 unspecified atom stereocenters. The third-order valence-electron chi connectivity index (χ3n) is 2.52. The molecule has 0 saturated heterocycles. The van der Waals surface area contributed by atoms with Gasteiger partial charge in [0.1, 0.15) is 0 Å². The van der Waals surface area contributed by atoms with E-state index >= 15 is 0 Å². The van der Waals surface area contributed by atoms with Crippen LogP contribution in [-0.4, -0.2) is 17.9 Å². The number of nitrogens with one attached hydrogen (secondary N) is 1. The van der Waals surface area contributed by atoms with E-state index in [-0.39, 0.29) is 23.3 Å². The quantitative estimate of drug-likeness (QED) is 0.848. The number of carbonyl (C=O) groups is 1. The predicted molar refractivity (Wildman–Crippen MR) is 68.1 cm³/mol. The molecule has 19 heavy (non-hydrogen) atoms. The molecule has 0 spiro atoms. The minimum atomic E-state index is -4.42. The van der Waals surface area contributed by atoms with Crippen molar-refractivity contribution in [3.63, 3.8) is 0 Å². The second kappa shape index (κ2) is 5.74. The fraction of sp³-hybridized carbons (Fsp3) is 0.500. The first-order valence-electron chi connectivity index (χ1n) is 6.05. The van der Waals surface area contributed by atoms with Crippen molar-refractivity contribution in [2.24, 2.45) is 0 Å². The number of Topliss-reactive ketones (excluding diaryl/α,β-unsaturated/α-hetero) is 1. The van der Waals surface area contributed by atoms with Crippen LogP contribution in [0.25, 0.3) is 0 Å². The normalized spacial score (nSPS) is 12.5. The van der Waals surface area contributed by atoms with Gasteiger partial charge in [-0.15, -0.1) is 0 Å². The van der Waals surface area contributed by atoms with E-state index in [0.717, 1.165) is 12.1 Å². The van der Waals surface area contributed by atoms with Crippen molar-refractivity contribution in [1.29, 1.82) is 0 Å². The predicted octanol–water partition coefficient (Wildman–Crippen LogP) is 3.67. The van der Waals surface area contributed by atoms with Gasteiger partial charge in [0.25, 0.3) is 0 Å². The Morgan fingerprint density at radius 2 is 1.84 bits per heavy atom. The summed E-state index contributed by atoms with van der Waals surface area (Å²) in [6.07, 6.45) is -4.24. The second-order valence-electron chi connectivity index (χ2n) is 5.43. The molecule has 2 nitrogen and oxygen atoms in total. The lowest BCUT2D eigenvalue weighted by atomic mass is 10.0. The molecule has 0 radical (unpaired) electrons. The van der Waals surface area contributed by atoms with E-state index in [0.29, 0.717) is 6.54 Å². The summed E-state index contributed by atoms with van der Waals surface area (Å²) in [6, 6.07) is 4.53. The molecule has 0 aliphatic heterocycles. The molecule has 0 heterocycles. The number of benzene rings is 1. The molecule has 1 N–H and O–H groups in total. The van der Waals surface area contributed by atoms with Gasteiger partial charge in [-0.05, 0) is 32.9 Å². The Hall–Kier alpha value is -1.36. The van der Waals surface area contributed by atoms with Crippen LogP contribution in [0.2, 0.25) is 0 Å². The molecule has 0 atom stereocenters. The highest BCUT2D eigenvalue weighted by molar-refractivity contribution is 5.96. The van der Waals surface area contributed by atoms with Crippen LogP contribution >= 0.6 is 0 Å². The maximum atomic E-state index is 12.5. The third-order valence-corrected chi connectivity index (χ3v) is 2.52. The van der Waals surface area contributed by atoms with Crippen LogP contribution in [0, 0.1) is 0 Å². The van der Waals surface area contributed by atoms with Crippen LogP contribution < -0.4 is 5.32 Å². The molecule has 0 amide bonds. The van der Waals surface area contributed by atoms with Gasteiger partial charge in [0.15, 0.2) is 5.78 Å². The summed E-state index contributed by atoms with van der Waals surface area (Å²) in [4.78, 5) is 11.8. The minimum Gasteiger partial charge on any atom is -0.312 e. The highest BCUT2D eigenvalue weighted by Gasteiger charge is 2.30. The molecule has 0 saturated carbocycles. The van der Waals surface area contributed by atoms with E-state index in [1.165, 1.54) is 12.1 Å². The topological polar surface area (TPSA) is 29.1 Å². The molecule has 5 heteroatoms. The maximum absolute atomic E-state index is 12.5. The van der Waals surface area contributed by atoms with E-state index in [2.05, 4.69) is 5.32 Å². The summed E-state index contributed by atoms with van der Waals surface area (Å²) in [5.74, 6) is -0.289. The summed E-state index contributed by atoms with van der Waals surface area (Å²) in [7, 11) is 0. The van der Waals surface area contributed by atoms with Crippen LogP contribution in [0.3, 0.4) is 0 Å². The Kier molecular flexibility index (Phi) is 4.74. The molecule has 0 aromatic heterocycles. The first-order chi connectivity index (χ1) is 8.59. The fourth-order valence-corrected chi connectivity index (χ4v) is 1.56. The minimum absolute atomic E-state index is 0.102. The Balaban J connectivity index is 2.68. The second-order valence-corrected chi connectivity index (χ2v) is 5.43. The molecule has 0 aliphatic rings. The van der Waals surface area contributed by atoms with Gasteiger partial charge in [0, 0.05) is 24.1 Å². The van der Waals surface area contributed by atoms with Gasteiger partial charge in [0.2, 0.25) is 0 Å². The van der Waals surface area contributed by atoms with Crippen molar-refractivity contribution in [3.8, 4) is 0 Å². The van der Waals surface area contributed by atoms with E-state index < -0.39 is 11.7 Å². The number of ketones is 1. The van der Waals surface area contributed by atoms with E-state index in [4.69, 9.17) is 0 Å². The highest BCUT2D eigenvalue weighted by Crippen LogP contribution is 2.29. The number of alkyl halides is 3. The molecule has 1 aromatic rings. The van der Waals surface area contributed by atoms with Gasteiger partial charge < -0.3 is 5.32 Å². The summed E-state index contributed by atoms with van der Waals surface area (Å²) >= 11 is 0. The van der Waals surface area contributed by atoms with Gasteiger partial charge in [-0.3, -0.25) is 4.79 Å². The zero-order valence-electron chi connectivity index (χ0n) is 11.3. The average molecular weight is 273 g/mol. The Bertz CT molecular complexity index is 447. The Labute approximate surface area is 111 Å². The molecule has 106 valence electrons. The third kappa shape index (κ3) is 5.42. The van der Waals surface area contributed by atoms with Gasteiger partial charge in [-0.2, -0.15) is 13.2 Å². The number of rotatable bonds is 4. The molecule has 0 fully saturated rings. The van der Waals surface area contributed by atoms with E-state index in [1.54, 1.807) is 0 Å². The van der Waals surface area contributed by atoms with Crippen LogP contribution in [-0.2, 0) is 6.18 Å². The van der Waals surface area contributed by atoms with Gasteiger partial charge in [-0.25, -0.2) is 0 Å². The zero-order valence-corrected chi connectivity index (χ0v) is 11.3. The molecule has 0 aliphatic carbocycles. The Morgan fingerprint density at radius 3 is 2.37 bits per heavy atom. The number of halogens is 3. The first-order valence-corrected chi connectivity index (χ1v) is 6.05. The standard InChI is InChI=1S/C14H18F3NO/c1-13(2,3)18-8-7-12(19)10-5-4-6-11(9-10)14(15,16)17/h4-6,9,18H,7-8H2,1-3H3. The summed E-state index contributed by atoms with van der Waals surface area (Å²) < 4.78 is 37.5. The lowest BCUT2D eigenvalue weighted by Gasteiger charge is -2.20. The van der Waals surface area contributed by atoms with E-state index in [9.17, 15) is 18.0 Å². The van der Waals surface area contributed by atoms with Crippen molar-refractivity contribution in [2.75, 3.05) is 6.54 Å². The zero-order chi connectivity index (χ0) is 14.7. The van der Waals surface area contributed by atoms with Gasteiger partial charge in [-0.1, -0.05) is 12.1 Å². The summed E-state index contributed by atoms with van der Waals surface area (Å²) in [5.41, 5.74) is -0.804. The lowest BCUT2D eigenvalue weighted by molar-refractivity contribution is -0.137. The molecule has 1 rings (SSSR count). The first kappa shape index (κ1) is 15.7. The maximum Gasteiger partial charge on any atom is 0.416 e. The van der Waals surface area contributed by atoms with Crippen molar-refractivity contribution in [2.45, 2.75) is 38.9 Å². The fourth-order valence-electron chi connectivity index (χ4n) is 1.56. The van der Waals surface area contributed by atoms with Gasteiger partial charge >= 0.3 is 6.18 Å². The lowest BCUT2D eigenvalue weighted by Crippen LogP contribution is -2.37. The monoisotopic (exact) mass is 273 g/mol. The van der Waals surface area contributed by atoms with Crippen LogP contribution in [0.15, 0.2) is 24.3 Å². The highest BCUT2D eigenvalue weighted by atomic mass is 19.4. The van der Waals surface area contributed by atoms with Gasteiger partial charge in [0.05, 0.1) is 5.56 Å². The Morgan fingerprint density at radius 1 is 1.21 bits per heavy atom. The smallest absolute Gasteiger partial charge is 0.312 e. The molecule has 0 bridgehead atoms. The van der Waals surface area contributed by atoms with Crippen LogP contribution in [0.5, 0.6) is 0 Å². The summed E-state index contributed by atoms with van der Waals surface area (Å²) in [6.45, 7) is 6.32. The number of carbonyl (C=O) groups excluding carboxylic acids is 1. The molecular formula is C14H18F3NO. The van der Waals surface area contributed by atoms with Crippen molar-refractivity contribution < 1.29 is 18.0 Å². The summed E-state index contributed by atoms with van der Waals surface area (Å²) in [5, 5.41) is 3.12. The average Bonchev–Trinajstić information content (AvgIpc) is 2.26. The molecular weight excluding hydrogens is 255 g/mol. The van der Waals surface area contributed by atoms with Crippen LogP contribution in [0.1, 0.15) is 43.1 Å². The molecule has 1 aromatic carbocycles. The largest absolute Gasteiger partial charge is 0.416 e. The van der Waals surface area contributed by atoms with E-state index in [1.807, 2.05) is 20.8 Å². The van der Waals surface area contributed by atoms with Crippen LogP contribution in [0.4, 0.5) is 13.2 Å². The number of hydrogen-bond acceptors (Lipinski definition) is 2. The number of hydrogen-bond donors (Lipinski definition) is 1. The van der Waals surface area contributed by atoms with Crippen molar-refractivity contribution in [1.82, 2.24) is 5.32 Å². The van der Waals surface area contributed by atoms with Crippen molar-refractivity contribution >= 4 is 5.78 Å².